The van der Waals surface area contributed by atoms with Gasteiger partial charge in [-0.15, -0.1) is 0 Å². The van der Waals surface area contributed by atoms with Crippen LogP contribution < -0.4 is 16.0 Å². The van der Waals surface area contributed by atoms with Gasteiger partial charge < -0.3 is 25.8 Å². The van der Waals surface area contributed by atoms with Crippen LogP contribution in [0.15, 0.2) is 54.6 Å². The minimum atomic E-state index is -1.26. The van der Waals surface area contributed by atoms with Crippen LogP contribution in [0.4, 0.5) is 4.79 Å². The molecule has 2 aromatic rings. The number of alkyl carbamates (subject to hydrolysis) is 1. The molecule has 4 N–H and O–H groups in total. The number of carbonyl (C=O) groups is 4. The number of nitrogens with one attached hydrogen (secondary N) is 3. The maximum atomic E-state index is 13.7. The summed E-state index contributed by atoms with van der Waals surface area (Å²) in [6.45, 7) is 0. The van der Waals surface area contributed by atoms with Crippen LogP contribution in [0.5, 0.6) is 0 Å². The lowest BCUT2D eigenvalue weighted by Crippen LogP contribution is -2.53. The number of hydrogen-bond acceptors (Lipinski definition) is 5. The number of benzene rings is 2. The highest BCUT2D eigenvalue weighted by Gasteiger charge is 2.46. The van der Waals surface area contributed by atoms with E-state index in [9.17, 15) is 24.3 Å². The molecule has 1 aliphatic heterocycles. The van der Waals surface area contributed by atoms with E-state index in [4.69, 9.17) is 16.3 Å². The van der Waals surface area contributed by atoms with Crippen molar-refractivity contribution in [2.24, 2.45) is 11.8 Å². The molecule has 0 aromatic heterocycles. The van der Waals surface area contributed by atoms with Crippen molar-refractivity contribution >= 4 is 35.5 Å². The standard InChI is InChI=1S/C36H46ClN3O6/c37-28-16-10-13-25(19-28)21-31(26-14-6-2-7-15-26)46-35(45)39-29(20-24-11-4-1-5-12-24)33(42)38-30(34(43)44)22-27-23-36(40-32(27)41)17-8-3-9-18-36/h2,6-7,10,13-16,19,24,27,29-31H,1,3-5,8-9,11-12,17-18,20-23H2,(H,38,42)(H,39,45)(H,40,41)(H,43,44)/t27?,29-,30?,31?/m0/s1. The average Bonchev–Trinajstić information content (AvgIpc) is 3.34. The van der Waals surface area contributed by atoms with Crippen LogP contribution in [0, 0.1) is 11.8 Å². The molecule has 2 aliphatic carbocycles. The Labute approximate surface area is 276 Å². The number of amides is 3. The number of rotatable bonds is 12. The smallest absolute Gasteiger partial charge is 0.408 e. The van der Waals surface area contributed by atoms with E-state index >= 15 is 0 Å². The fourth-order valence-corrected chi connectivity index (χ4v) is 7.78. The molecule has 9 nitrogen and oxygen atoms in total. The first kappa shape index (κ1) is 33.8. The Morgan fingerprint density at radius 2 is 1.63 bits per heavy atom. The third-order valence-corrected chi connectivity index (χ3v) is 10.2. The van der Waals surface area contributed by atoms with Gasteiger partial charge in [-0.05, 0) is 61.3 Å². The molecule has 0 radical (unpaired) electrons. The summed E-state index contributed by atoms with van der Waals surface area (Å²) in [5.74, 6) is -2.19. The third kappa shape index (κ3) is 9.24. The highest BCUT2D eigenvalue weighted by Crippen LogP contribution is 2.39. The van der Waals surface area contributed by atoms with E-state index in [1.807, 2.05) is 48.5 Å². The second kappa shape index (κ2) is 15.8. The number of carboxylic acids is 1. The summed E-state index contributed by atoms with van der Waals surface area (Å²) in [6.07, 6.45) is 10.1. The molecule has 1 spiro atoms. The Morgan fingerprint density at radius 3 is 2.33 bits per heavy atom. The molecule has 3 amide bonds. The molecule has 3 fully saturated rings. The van der Waals surface area contributed by atoms with Gasteiger partial charge in [0.1, 0.15) is 18.2 Å². The SMILES string of the molecule is O=C(N[C@@H](CC1CCCCC1)C(=O)NC(CC1CC2(CCCCC2)NC1=O)C(=O)O)OC(Cc1cccc(Cl)c1)c1ccccc1. The van der Waals surface area contributed by atoms with Crippen molar-refractivity contribution < 1.29 is 29.0 Å². The lowest BCUT2D eigenvalue weighted by Gasteiger charge is -2.33. The molecule has 1 saturated heterocycles. The summed E-state index contributed by atoms with van der Waals surface area (Å²) in [6, 6.07) is 14.5. The average molecular weight is 652 g/mol. The predicted molar refractivity (Wildman–Crippen MR) is 175 cm³/mol. The monoisotopic (exact) mass is 651 g/mol. The molecule has 10 heteroatoms. The minimum Gasteiger partial charge on any atom is -0.480 e. The fourth-order valence-electron chi connectivity index (χ4n) is 7.57. The first-order valence-electron chi connectivity index (χ1n) is 16.8. The highest BCUT2D eigenvalue weighted by molar-refractivity contribution is 6.30. The zero-order valence-electron chi connectivity index (χ0n) is 26.3. The summed E-state index contributed by atoms with van der Waals surface area (Å²) >= 11 is 6.21. The van der Waals surface area contributed by atoms with E-state index in [-0.39, 0.29) is 23.8 Å². The molecule has 46 heavy (non-hydrogen) atoms. The zero-order valence-corrected chi connectivity index (χ0v) is 27.1. The van der Waals surface area contributed by atoms with Crippen LogP contribution >= 0.6 is 11.6 Å². The first-order valence-corrected chi connectivity index (χ1v) is 17.2. The molecule has 2 aromatic carbocycles. The van der Waals surface area contributed by atoms with Crippen LogP contribution in [0.2, 0.25) is 5.02 Å². The van der Waals surface area contributed by atoms with E-state index in [1.165, 1.54) is 0 Å². The van der Waals surface area contributed by atoms with Crippen molar-refractivity contribution in [3.05, 3.63) is 70.7 Å². The Morgan fingerprint density at radius 1 is 0.913 bits per heavy atom. The molecule has 2 saturated carbocycles. The second-order valence-corrected chi connectivity index (χ2v) is 13.9. The van der Waals surface area contributed by atoms with Crippen LogP contribution in [0.25, 0.3) is 0 Å². The maximum absolute atomic E-state index is 13.7. The third-order valence-electron chi connectivity index (χ3n) is 9.97. The van der Waals surface area contributed by atoms with Crippen molar-refractivity contribution in [3.8, 4) is 0 Å². The molecule has 1 heterocycles. The van der Waals surface area contributed by atoms with E-state index in [0.717, 1.165) is 75.3 Å². The summed E-state index contributed by atoms with van der Waals surface area (Å²) < 4.78 is 5.95. The van der Waals surface area contributed by atoms with Crippen LogP contribution in [-0.2, 0) is 25.5 Å². The van der Waals surface area contributed by atoms with Gasteiger partial charge in [0.2, 0.25) is 11.8 Å². The molecule has 3 unspecified atom stereocenters. The summed E-state index contributed by atoms with van der Waals surface area (Å²) in [7, 11) is 0. The normalized spacial score (nSPS) is 21.5. The molecular formula is C36H46ClN3O6. The van der Waals surface area contributed by atoms with Crippen molar-refractivity contribution in [2.75, 3.05) is 0 Å². The summed E-state index contributed by atoms with van der Waals surface area (Å²) in [5, 5.41) is 19.3. The lowest BCUT2D eigenvalue weighted by atomic mass is 9.78. The molecule has 4 atom stereocenters. The molecule has 5 rings (SSSR count). The summed E-state index contributed by atoms with van der Waals surface area (Å²) in [5.41, 5.74) is 1.42. The van der Waals surface area contributed by atoms with Crippen LogP contribution in [0.3, 0.4) is 0 Å². The predicted octanol–water partition coefficient (Wildman–Crippen LogP) is 6.49. The number of carboxylic acid groups (broad SMARTS) is 1. The number of hydrogen-bond donors (Lipinski definition) is 4. The van der Waals surface area contributed by atoms with Crippen molar-refractivity contribution in [2.45, 2.75) is 114 Å². The van der Waals surface area contributed by atoms with Crippen molar-refractivity contribution in [1.29, 1.82) is 0 Å². The number of aliphatic carboxylic acids is 1. The number of halogens is 1. The quantitative estimate of drug-likeness (QED) is 0.207. The largest absolute Gasteiger partial charge is 0.480 e. The molecule has 0 bridgehead atoms. The molecule has 3 aliphatic rings. The van der Waals surface area contributed by atoms with E-state index in [0.29, 0.717) is 24.3 Å². The number of ether oxygens (including phenoxy) is 1. The maximum Gasteiger partial charge on any atom is 0.408 e. The van der Waals surface area contributed by atoms with E-state index in [2.05, 4.69) is 16.0 Å². The van der Waals surface area contributed by atoms with Gasteiger partial charge >= 0.3 is 12.1 Å². The lowest BCUT2D eigenvalue weighted by molar-refractivity contribution is -0.143. The minimum absolute atomic E-state index is 0.00493. The Bertz CT molecular complexity index is 1360. The second-order valence-electron chi connectivity index (χ2n) is 13.4. The highest BCUT2D eigenvalue weighted by atomic mass is 35.5. The first-order chi connectivity index (χ1) is 22.2. The Kier molecular flexibility index (Phi) is 11.6. The van der Waals surface area contributed by atoms with Crippen molar-refractivity contribution in [3.63, 3.8) is 0 Å². The number of carbonyl (C=O) groups excluding carboxylic acids is 3. The van der Waals surface area contributed by atoms with E-state index < -0.39 is 42.1 Å². The zero-order chi connectivity index (χ0) is 32.5. The topological polar surface area (TPSA) is 134 Å². The van der Waals surface area contributed by atoms with Gasteiger partial charge in [-0.2, -0.15) is 0 Å². The summed E-state index contributed by atoms with van der Waals surface area (Å²) in [4.78, 5) is 52.5. The van der Waals surface area contributed by atoms with Gasteiger partial charge in [0.05, 0.1) is 0 Å². The van der Waals surface area contributed by atoms with Gasteiger partial charge in [0.25, 0.3) is 0 Å². The molecular weight excluding hydrogens is 606 g/mol. The van der Waals surface area contributed by atoms with Crippen LogP contribution in [0.1, 0.15) is 101 Å². The van der Waals surface area contributed by atoms with Crippen LogP contribution in [-0.4, -0.2) is 46.6 Å². The van der Waals surface area contributed by atoms with Gasteiger partial charge in [-0.25, -0.2) is 9.59 Å². The van der Waals surface area contributed by atoms with Gasteiger partial charge in [-0.3, -0.25) is 9.59 Å². The van der Waals surface area contributed by atoms with Gasteiger partial charge in [-0.1, -0.05) is 105 Å². The van der Waals surface area contributed by atoms with Crippen molar-refractivity contribution in [1.82, 2.24) is 16.0 Å². The fraction of sp³-hybridized carbons (Fsp3) is 0.556. The van der Waals surface area contributed by atoms with Gasteiger partial charge in [0, 0.05) is 22.9 Å². The Hall–Kier alpha value is -3.59. The molecule has 248 valence electrons. The van der Waals surface area contributed by atoms with E-state index in [1.54, 1.807) is 6.07 Å². The van der Waals surface area contributed by atoms with Gasteiger partial charge in [0.15, 0.2) is 0 Å². The Balaban J connectivity index is 1.28.